The van der Waals surface area contributed by atoms with Crippen LogP contribution in [-0.2, 0) is 6.42 Å². The van der Waals surface area contributed by atoms with Crippen molar-refractivity contribution in [2.45, 2.75) is 53.0 Å². The maximum atomic E-state index is 12.4. The Morgan fingerprint density at radius 1 is 1.21 bits per heavy atom. The fourth-order valence-electron chi connectivity index (χ4n) is 3.02. The van der Waals surface area contributed by atoms with Gasteiger partial charge in [-0.25, -0.2) is 4.79 Å². The number of rotatable bonds is 7. The number of nitrogens with zero attached hydrogens (tertiary/aromatic N) is 5. The number of aryl methyl sites for hydroxylation is 1. The Labute approximate surface area is 145 Å². The Morgan fingerprint density at radius 2 is 1.88 bits per heavy atom. The Kier molecular flexibility index (Phi) is 7.02. The van der Waals surface area contributed by atoms with Crippen molar-refractivity contribution in [3.05, 3.63) is 11.7 Å². The van der Waals surface area contributed by atoms with Crippen LogP contribution in [0.4, 0.5) is 4.79 Å². The van der Waals surface area contributed by atoms with Crippen molar-refractivity contribution in [1.29, 1.82) is 0 Å². The molecule has 2 rings (SSSR count). The highest BCUT2D eigenvalue weighted by Crippen LogP contribution is 2.21. The summed E-state index contributed by atoms with van der Waals surface area (Å²) in [5.41, 5.74) is 0. The van der Waals surface area contributed by atoms with Crippen molar-refractivity contribution >= 4 is 6.03 Å². The summed E-state index contributed by atoms with van der Waals surface area (Å²) in [6.07, 6.45) is 3.08. The monoisotopic (exact) mass is 337 g/mol. The Bertz CT molecular complexity index is 507. The molecular weight excluding hydrogens is 306 g/mol. The summed E-state index contributed by atoms with van der Waals surface area (Å²) in [6, 6.07) is 0.241. The molecule has 0 aromatic carbocycles. The molecule has 1 fully saturated rings. The van der Waals surface area contributed by atoms with Crippen LogP contribution in [0.5, 0.6) is 0 Å². The Balaban J connectivity index is 1.87. The van der Waals surface area contributed by atoms with E-state index in [2.05, 4.69) is 28.9 Å². The van der Waals surface area contributed by atoms with E-state index in [4.69, 9.17) is 4.52 Å². The van der Waals surface area contributed by atoms with E-state index in [1.807, 2.05) is 23.6 Å². The zero-order chi connectivity index (χ0) is 17.5. The molecule has 1 atom stereocenters. The van der Waals surface area contributed by atoms with Gasteiger partial charge in [-0.1, -0.05) is 18.5 Å². The van der Waals surface area contributed by atoms with Crippen LogP contribution in [0.2, 0.25) is 0 Å². The van der Waals surface area contributed by atoms with Crippen LogP contribution in [0.3, 0.4) is 0 Å². The lowest BCUT2D eigenvalue weighted by atomic mass is 10.2. The standard InChI is InChI=1S/C17H31N5O2/c1-5-8-9-15-18-16(24-19-15)14(4)21-10-12-22(13-11-21)17(23)20(6-2)7-3/h14H,5-13H2,1-4H3/t14-/m0/s1. The molecule has 7 nitrogen and oxygen atoms in total. The number of piperazine rings is 1. The molecular formula is C17H31N5O2. The van der Waals surface area contributed by atoms with Gasteiger partial charge in [-0.2, -0.15) is 4.98 Å². The molecule has 0 unspecified atom stereocenters. The van der Waals surface area contributed by atoms with Gasteiger partial charge in [0, 0.05) is 45.7 Å². The lowest BCUT2D eigenvalue weighted by Crippen LogP contribution is -2.53. The molecule has 1 aromatic rings. The second-order valence-corrected chi connectivity index (χ2v) is 6.31. The fraction of sp³-hybridized carbons (Fsp3) is 0.824. The average Bonchev–Trinajstić information content (AvgIpc) is 3.09. The largest absolute Gasteiger partial charge is 0.338 e. The quantitative estimate of drug-likeness (QED) is 0.765. The van der Waals surface area contributed by atoms with Crippen molar-refractivity contribution in [2.24, 2.45) is 0 Å². The van der Waals surface area contributed by atoms with Gasteiger partial charge in [0.15, 0.2) is 5.82 Å². The van der Waals surface area contributed by atoms with E-state index in [1.165, 1.54) is 0 Å². The highest BCUT2D eigenvalue weighted by Gasteiger charge is 2.28. The summed E-state index contributed by atoms with van der Waals surface area (Å²) in [7, 11) is 0. The van der Waals surface area contributed by atoms with Crippen LogP contribution < -0.4 is 0 Å². The van der Waals surface area contributed by atoms with Crippen LogP contribution in [-0.4, -0.2) is 70.1 Å². The molecule has 2 amide bonds. The first-order chi connectivity index (χ1) is 11.6. The summed E-state index contributed by atoms with van der Waals surface area (Å²) in [4.78, 5) is 23.0. The Morgan fingerprint density at radius 3 is 2.46 bits per heavy atom. The molecule has 1 aliphatic rings. The number of hydrogen-bond donors (Lipinski definition) is 0. The Hall–Kier alpha value is -1.63. The van der Waals surface area contributed by atoms with Gasteiger partial charge in [0.2, 0.25) is 5.89 Å². The molecule has 136 valence electrons. The molecule has 1 aromatic heterocycles. The number of urea groups is 1. The van der Waals surface area contributed by atoms with E-state index >= 15 is 0 Å². The first-order valence-corrected chi connectivity index (χ1v) is 9.21. The van der Waals surface area contributed by atoms with Crippen molar-refractivity contribution in [3.63, 3.8) is 0 Å². The number of amides is 2. The molecule has 24 heavy (non-hydrogen) atoms. The van der Waals surface area contributed by atoms with Gasteiger partial charge in [0.05, 0.1) is 6.04 Å². The van der Waals surface area contributed by atoms with Crippen LogP contribution in [0, 0.1) is 0 Å². The molecule has 1 aliphatic heterocycles. The van der Waals surface area contributed by atoms with Crippen LogP contribution in [0.1, 0.15) is 58.3 Å². The van der Waals surface area contributed by atoms with Crippen molar-refractivity contribution in [1.82, 2.24) is 24.8 Å². The van der Waals surface area contributed by atoms with Gasteiger partial charge < -0.3 is 14.3 Å². The van der Waals surface area contributed by atoms with Crippen LogP contribution in [0.25, 0.3) is 0 Å². The summed E-state index contributed by atoms with van der Waals surface area (Å²) in [6.45, 7) is 13.0. The molecule has 0 spiro atoms. The number of carbonyl (C=O) groups excluding carboxylic acids is 1. The summed E-state index contributed by atoms with van der Waals surface area (Å²) < 4.78 is 5.43. The first-order valence-electron chi connectivity index (χ1n) is 9.21. The number of aromatic nitrogens is 2. The maximum Gasteiger partial charge on any atom is 0.320 e. The van der Waals surface area contributed by atoms with Crippen LogP contribution >= 0.6 is 0 Å². The molecule has 0 N–H and O–H groups in total. The second kappa shape index (κ2) is 9.01. The number of carbonyl (C=O) groups is 1. The molecule has 0 aliphatic carbocycles. The summed E-state index contributed by atoms with van der Waals surface area (Å²) in [5.74, 6) is 1.48. The van der Waals surface area contributed by atoms with Gasteiger partial charge in [0.1, 0.15) is 0 Å². The van der Waals surface area contributed by atoms with Crippen molar-refractivity contribution < 1.29 is 9.32 Å². The molecule has 1 saturated heterocycles. The third kappa shape index (κ3) is 4.47. The number of unbranched alkanes of at least 4 members (excludes halogenated alkanes) is 1. The lowest BCUT2D eigenvalue weighted by Gasteiger charge is -2.38. The maximum absolute atomic E-state index is 12.4. The average molecular weight is 337 g/mol. The second-order valence-electron chi connectivity index (χ2n) is 6.31. The molecule has 0 radical (unpaired) electrons. The van der Waals surface area contributed by atoms with Gasteiger partial charge in [0.25, 0.3) is 0 Å². The minimum Gasteiger partial charge on any atom is -0.338 e. The SMILES string of the molecule is CCCCc1noc([C@H](C)N2CCN(C(=O)N(CC)CC)CC2)n1. The van der Waals surface area contributed by atoms with Gasteiger partial charge in [-0.15, -0.1) is 0 Å². The third-order valence-corrected chi connectivity index (χ3v) is 4.76. The molecule has 0 saturated carbocycles. The first kappa shape index (κ1) is 18.7. The zero-order valence-corrected chi connectivity index (χ0v) is 15.5. The van der Waals surface area contributed by atoms with E-state index in [0.717, 1.165) is 64.4 Å². The molecule has 0 bridgehead atoms. The van der Waals surface area contributed by atoms with Crippen LogP contribution in [0.15, 0.2) is 4.52 Å². The highest BCUT2D eigenvalue weighted by atomic mass is 16.5. The highest BCUT2D eigenvalue weighted by molar-refractivity contribution is 5.74. The smallest absolute Gasteiger partial charge is 0.320 e. The summed E-state index contributed by atoms with van der Waals surface area (Å²) in [5, 5.41) is 4.07. The van der Waals surface area contributed by atoms with Crippen molar-refractivity contribution in [3.8, 4) is 0 Å². The van der Waals surface area contributed by atoms with E-state index in [9.17, 15) is 4.79 Å². The predicted octanol–water partition coefficient (Wildman–Crippen LogP) is 2.55. The number of hydrogen-bond acceptors (Lipinski definition) is 5. The predicted molar refractivity (Wildman–Crippen MR) is 92.8 cm³/mol. The lowest BCUT2D eigenvalue weighted by molar-refractivity contribution is 0.0866. The van der Waals surface area contributed by atoms with E-state index in [1.54, 1.807) is 0 Å². The third-order valence-electron chi connectivity index (χ3n) is 4.76. The minimum atomic E-state index is 0.0959. The molecule has 7 heteroatoms. The topological polar surface area (TPSA) is 65.7 Å². The van der Waals surface area contributed by atoms with Gasteiger partial charge in [-0.3, -0.25) is 4.90 Å². The summed E-state index contributed by atoms with van der Waals surface area (Å²) >= 11 is 0. The van der Waals surface area contributed by atoms with E-state index in [0.29, 0.717) is 5.89 Å². The van der Waals surface area contributed by atoms with E-state index < -0.39 is 0 Å². The molecule has 2 heterocycles. The van der Waals surface area contributed by atoms with Gasteiger partial charge in [-0.05, 0) is 27.2 Å². The zero-order valence-electron chi connectivity index (χ0n) is 15.5. The van der Waals surface area contributed by atoms with Crippen molar-refractivity contribution in [2.75, 3.05) is 39.3 Å². The minimum absolute atomic E-state index is 0.0959. The van der Waals surface area contributed by atoms with Gasteiger partial charge >= 0.3 is 6.03 Å². The fourth-order valence-corrected chi connectivity index (χ4v) is 3.02. The normalized spacial score (nSPS) is 17.1. The van der Waals surface area contributed by atoms with E-state index in [-0.39, 0.29) is 12.1 Å².